The predicted molar refractivity (Wildman–Crippen MR) is 78.6 cm³/mol. The Morgan fingerprint density at radius 1 is 1.50 bits per heavy atom. The quantitative estimate of drug-likeness (QED) is 0.919. The minimum absolute atomic E-state index is 0.130. The van der Waals surface area contributed by atoms with Gasteiger partial charge < -0.3 is 15.1 Å². The Hall–Kier alpha value is -1.62. The molecule has 1 N–H and O–H groups in total. The monoisotopic (exact) mass is 279 g/mol. The maximum absolute atomic E-state index is 13.7. The van der Waals surface area contributed by atoms with Crippen LogP contribution in [0.15, 0.2) is 18.2 Å². The summed E-state index contributed by atoms with van der Waals surface area (Å²) in [5.74, 6) is -0.526. The molecule has 1 aliphatic rings. The number of para-hydroxylation sites is 1. The van der Waals surface area contributed by atoms with Gasteiger partial charge in [0.1, 0.15) is 5.82 Å². The van der Waals surface area contributed by atoms with Gasteiger partial charge in [-0.25, -0.2) is 4.39 Å². The third-order valence-corrected chi connectivity index (χ3v) is 3.96. The number of amides is 1. The van der Waals surface area contributed by atoms with Crippen molar-refractivity contribution in [3.8, 4) is 0 Å². The zero-order valence-electron chi connectivity index (χ0n) is 12.3. The number of anilines is 1. The van der Waals surface area contributed by atoms with Crippen LogP contribution in [-0.4, -0.2) is 56.0 Å². The SMILES string of the molecule is CNc1c(F)cccc1C(=O)N(C)C1CCCN(C)C1. The molecule has 0 radical (unpaired) electrons. The average molecular weight is 279 g/mol. The van der Waals surface area contributed by atoms with Crippen LogP contribution in [0.1, 0.15) is 23.2 Å². The standard InChI is InChI=1S/C15H22FN3O/c1-17-14-12(7-4-8-13(14)16)15(20)19(3)11-6-5-9-18(2)10-11/h4,7-8,11,17H,5-6,9-10H2,1-3H3. The minimum atomic E-state index is -0.396. The van der Waals surface area contributed by atoms with E-state index in [1.165, 1.54) is 6.07 Å². The molecule has 0 bridgehead atoms. The van der Waals surface area contributed by atoms with Crippen LogP contribution in [0.25, 0.3) is 0 Å². The largest absolute Gasteiger partial charge is 0.385 e. The average Bonchev–Trinajstić information content (AvgIpc) is 2.45. The zero-order chi connectivity index (χ0) is 14.7. The van der Waals surface area contributed by atoms with Crippen LogP contribution >= 0.6 is 0 Å². The molecule has 1 atom stereocenters. The molecule has 1 saturated heterocycles. The lowest BCUT2D eigenvalue weighted by atomic mass is 10.0. The van der Waals surface area contributed by atoms with Crippen molar-refractivity contribution < 1.29 is 9.18 Å². The van der Waals surface area contributed by atoms with Crippen molar-refractivity contribution in [1.29, 1.82) is 0 Å². The number of likely N-dealkylation sites (N-methyl/N-ethyl adjacent to an activating group) is 2. The highest BCUT2D eigenvalue weighted by atomic mass is 19.1. The summed E-state index contributed by atoms with van der Waals surface area (Å²) in [7, 11) is 5.49. The molecular formula is C15H22FN3O. The number of rotatable bonds is 3. The van der Waals surface area contributed by atoms with Crippen molar-refractivity contribution in [1.82, 2.24) is 9.80 Å². The molecule has 0 saturated carbocycles. The number of likely N-dealkylation sites (tertiary alicyclic amines) is 1. The number of carbonyl (C=O) groups excluding carboxylic acids is 1. The van der Waals surface area contributed by atoms with E-state index in [2.05, 4.69) is 17.3 Å². The first-order chi connectivity index (χ1) is 9.54. The third kappa shape index (κ3) is 2.93. The van der Waals surface area contributed by atoms with Crippen LogP contribution in [0.2, 0.25) is 0 Å². The molecule has 1 amide bonds. The van der Waals surface area contributed by atoms with Crippen molar-refractivity contribution in [2.24, 2.45) is 0 Å². The van der Waals surface area contributed by atoms with Crippen LogP contribution < -0.4 is 5.32 Å². The number of halogens is 1. The van der Waals surface area contributed by atoms with E-state index in [-0.39, 0.29) is 17.6 Å². The molecular weight excluding hydrogens is 257 g/mol. The van der Waals surface area contributed by atoms with E-state index in [1.807, 2.05) is 0 Å². The summed E-state index contributed by atoms with van der Waals surface area (Å²) in [6.45, 7) is 1.94. The second-order valence-electron chi connectivity index (χ2n) is 5.39. The predicted octanol–water partition coefficient (Wildman–Crippen LogP) is 2.03. The second kappa shape index (κ2) is 6.22. The molecule has 110 valence electrons. The summed E-state index contributed by atoms with van der Waals surface area (Å²) < 4.78 is 13.7. The zero-order valence-corrected chi connectivity index (χ0v) is 12.3. The van der Waals surface area contributed by atoms with E-state index in [0.717, 1.165) is 25.9 Å². The van der Waals surface area contributed by atoms with Crippen LogP contribution in [0.5, 0.6) is 0 Å². The first kappa shape index (κ1) is 14.8. The topological polar surface area (TPSA) is 35.6 Å². The Labute approximate surface area is 119 Å². The Bertz CT molecular complexity index is 492. The van der Waals surface area contributed by atoms with Gasteiger partial charge in [-0.1, -0.05) is 6.07 Å². The molecule has 1 aromatic carbocycles. The van der Waals surface area contributed by atoms with E-state index < -0.39 is 5.82 Å². The Morgan fingerprint density at radius 3 is 2.90 bits per heavy atom. The Kier molecular flexibility index (Phi) is 4.60. The van der Waals surface area contributed by atoms with Gasteiger partial charge >= 0.3 is 0 Å². The Morgan fingerprint density at radius 2 is 2.25 bits per heavy atom. The van der Waals surface area contributed by atoms with Gasteiger partial charge in [-0.05, 0) is 38.6 Å². The molecule has 1 heterocycles. The fourth-order valence-corrected chi connectivity index (χ4v) is 2.77. The van der Waals surface area contributed by atoms with Gasteiger partial charge in [-0.3, -0.25) is 4.79 Å². The van der Waals surface area contributed by atoms with Crippen LogP contribution in [0.3, 0.4) is 0 Å². The minimum Gasteiger partial charge on any atom is -0.385 e. The highest BCUT2D eigenvalue weighted by Crippen LogP contribution is 2.23. The molecule has 0 aromatic heterocycles. The number of nitrogens with one attached hydrogen (secondary N) is 1. The number of hydrogen-bond donors (Lipinski definition) is 1. The van der Waals surface area contributed by atoms with Crippen molar-refractivity contribution in [3.05, 3.63) is 29.6 Å². The number of nitrogens with zero attached hydrogens (tertiary/aromatic N) is 2. The first-order valence-corrected chi connectivity index (χ1v) is 6.96. The van der Waals surface area contributed by atoms with E-state index in [4.69, 9.17) is 0 Å². The van der Waals surface area contributed by atoms with Gasteiger partial charge in [-0.2, -0.15) is 0 Å². The smallest absolute Gasteiger partial charge is 0.256 e. The van der Waals surface area contributed by atoms with E-state index >= 15 is 0 Å². The maximum Gasteiger partial charge on any atom is 0.256 e. The molecule has 5 heteroatoms. The second-order valence-corrected chi connectivity index (χ2v) is 5.39. The fraction of sp³-hybridized carbons (Fsp3) is 0.533. The number of hydrogen-bond acceptors (Lipinski definition) is 3. The lowest BCUT2D eigenvalue weighted by Crippen LogP contribution is -2.47. The molecule has 20 heavy (non-hydrogen) atoms. The van der Waals surface area contributed by atoms with Gasteiger partial charge in [0.05, 0.1) is 11.3 Å². The van der Waals surface area contributed by atoms with Gasteiger partial charge in [0.25, 0.3) is 5.91 Å². The molecule has 2 rings (SSSR count). The van der Waals surface area contributed by atoms with Gasteiger partial charge in [0.15, 0.2) is 0 Å². The fourth-order valence-electron chi connectivity index (χ4n) is 2.77. The molecule has 1 aliphatic heterocycles. The maximum atomic E-state index is 13.7. The lowest BCUT2D eigenvalue weighted by molar-refractivity contribution is 0.0644. The molecule has 1 aromatic rings. The number of carbonyl (C=O) groups is 1. The highest BCUT2D eigenvalue weighted by Gasteiger charge is 2.26. The summed E-state index contributed by atoms with van der Waals surface area (Å²) in [5.41, 5.74) is 0.664. The molecule has 4 nitrogen and oxygen atoms in total. The van der Waals surface area contributed by atoms with Gasteiger partial charge in [0.2, 0.25) is 0 Å². The lowest BCUT2D eigenvalue weighted by Gasteiger charge is -2.36. The van der Waals surface area contributed by atoms with Gasteiger partial charge in [-0.15, -0.1) is 0 Å². The van der Waals surface area contributed by atoms with Crippen molar-refractivity contribution in [3.63, 3.8) is 0 Å². The van der Waals surface area contributed by atoms with E-state index in [0.29, 0.717) is 5.56 Å². The normalized spacial score (nSPS) is 19.7. The summed E-state index contributed by atoms with van der Waals surface area (Å²) in [5, 5.41) is 2.78. The molecule has 1 unspecified atom stereocenters. The summed E-state index contributed by atoms with van der Waals surface area (Å²) >= 11 is 0. The van der Waals surface area contributed by atoms with Crippen molar-refractivity contribution >= 4 is 11.6 Å². The van der Waals surface area contributed by atoms with Crippen molar-refractivity contribution in [2.75, 3.05) is 39.5 Å². The Balaban J connectivity index is 2.20. The van der Waals surface area contributed by atoms with Crippen LogP contribution in [0.4, 0.5) is 10.1 Å². The van der Waals surface area contributed by atoms with E-state index in [1.54, 1.807) is 31.1 Å². The summed E-state index contributed by atoms with van der Waals surface area (Å²) in [6, 6.07) is 4.79. The van der Waals surface area contributed by atoms with E-state index in [9.17, 15) is 9.18 Å². The number of benzene rings is 1. The molecule has 1 fully saturated rings. The van der Waals surface area contributed by atoms with Crippen molar-refractivity contribution in [2.45, 2.75) is 18.9 Å². The number of piperidine rings is 1. The third-order valence-electron chi connectivity index (χ3n) is 3.96. The summed E-state index contributed by atoms with van der Waals surface area (Å²) in [4.78, 5) is 16.5. The highest BCUT2D eigenvalue weighted by molar-refractivity contribution is 5.99. The molecule has 0 aliphatic carbocycles. The summed E-state index contributed by atoms with van der Waals surface area (Å²) in [6.07, 6.45) is 2.08. The molecule has 0 spiro atoms. The first-order valence-electron chi connectivity index (χ1n) is 6.96. The van der Waals surface area contributed by atoms with Crippen LogP contribution in [0, 0.1) is 5.82 Å². The van der Waals surface area contributed by atoms with Gasteiger partial charge in [0, 0.05) is 26.7 Å². The van der Waals surface area contributed by atoms with Crippen LogP contribution in [-0.2, 0) is 0 Å².